The van der Waals surface area contributed by atoms with Gasteiger partial charge in [0.2, 0.25) is 11.9 Å². The summed E-state index contributed by atoms with van der Waals surface area (Å²) in [6.07, 6.45) is 4.08. The summed E-state index contributed by atoms with van der Waals surface area (Å²) in [7, 11) is 1.59. The summed E-state index contributed by atoms with van der Waals surface area (Å²) >= 11 is 0. The van der Waals surface area contributed by atoms with E-state index in [9.17, 15) is 9.59 Å². The van der Waals surface area contributed by atoms with E-state index in [1.165, 1.54) is 5.56 Å². The van der Waals surface area contributed by atoms with Gasteiger partial charge in [0, 0.05) is 29.6 Å². The van der Waals surface area contributed by atoms with Crippen molar-refractivity contribution in [3.8, 4) is 22.7 Å². The van der Waals surface area contributed by atoms with Crippen molar-refractivity contribution in [1.29, 1.82) is 0 Å². The third-order valence-corrected chi connectivity index (χ3v) is 7.00. The van der Waals surface area contributed by atoms with E-state index in [1.807, 2.05) is 53.2 Å². The van der Waals surface area contributed by atoms with Crippen LogP contribution in [0, 0.1) is 5.92 Å². The van der Waals surface area contributed by atoms with Crippen molar-refractivity contribution in [2.45, 2.75) is 32.6 Å². The van der Waals surface area contributed by atoms with Gasteiger partial charge in [-0.05, 0) is 66.6 Å². The summed E-state index contributed by atoms with van der Waals surface area (Å²) in [5.74, 6) is 1.49. The fraction of sp³-hybridized carbons (Fsp3) is 0.281. The first-order valence-corrected chi connectivity index (χ1v) is 13.4. The minimum Gasteiger partial charge on any atom is -0.497 e. The zero-order valence-electron chi connectivity index (χ0n) is 22.6. The first-order valence-electron chi connectivity index (χ1n) is 13.4. The van der Waals surface area contributed by atoms with Gasteiger partial charge in [0.05, 0.1) is 12.8 Å². The predicted octanol–water partition coefficient (Wildman–Crippen LogP) is 6.16. The third-order valence-electron chi connectivity index (χ3n) is 7.00. The minimum atomic E-state index is -0.289. The summed E-state index contributed by atoms with van der Waals surface area (Å²) in [6, 6.07) is 25.1. The number of nitrogens with one attached hydrogen (secondary N) is 1. The number of ether oxygens (including phenoxy) is 1. The molecule has 0 spiro atoms. The molecule has 39 heavy (non-hydrogen) atoms. The largest absolute Gasteiger partial charge is 0.497 e. The highest BCUT2D eigenvalue weighted by Crippen LogP contribution is 2.30. The van der Waals surface area contributed by atoms with E-state index < -0.39 is 0 Å². The molecule has 0 saturated heterocycles. The SMILES string of the molecule is COc1ccc(C(=O)N(CC(=O)Nc2nc(-c3ccccc3)cn2-c2ccc(C(C)C)cc2)CC2CC2)cc1. The highest BCUT2D eigenvalue weighted by Gasteiger charge is 2.29. The van der Waals surface area contributed by atoms with Crippen LogP contribution in [-0.2, 0) is 4.79 Å². The van der Waals surface area contributed by atoms with Crippen LogP contribution >= 0.6 is 0 Å². The Morgan fingerprint density at radius 3 is 2.31 bits per heavy atom. The maximum absolute atomic E-state index is 13.4. The standard InChI is InChI=1S/C32H34N4O3/c1-22(2)24-11-15-27(16-12-24)36-20-29(25-7-5-4-6-8-25)33-32(36)34-30(37)21-35(19-23-9-10-23)31(38)26-13-17-28(39-3)18-14-26/h4-8,11-18,20,22-23H,9-10,19,21H2,1-3H3,(H,33,34,37). The Morgan fingerprint density at radius 2 is 1.69 bits per heavy atom. The van der Waals surface area contributed by atoms with Crippen molar-refractivity contribution < 1.29 is 14.3 Å². The number of aromatic nitrogens is 2. The maximum atomic E-state index is 13.4. The van der Waals surface area contributed by atoms with E-state index >= 15 is 0 Å². The first-order chi connectivity index (χ1) is 18.9. The highest BCUT2D eigenvalue weighted by atomic mass is 16.5. The number of methoxy groups -OCH3 is 1. The molecule has 0 atom stereocenters. The fourth-order valence-electron chi connectivity index (χ4n) is 4.52. The van der Waals surface area contributed by atoms with E-state index in [4.69, 9.17) is 9.72 Å². The second-order valence-electron chi connectivity index (χ2n) is 10.3. The molecule has 0 radical (unpaired) electrons. The molecule has 1 aliphatic carbocycles. The third kappa shape index (κ3) is 6.37. The summed E-state index contributed by atoms with van der Waals surface area (Å²) in [4.78, 5) is 33.1. The minimum absolute atomic E-state index is 0.0544. The molecule has 1 aromatic heterocycles. The summed E-state index contributed by atoms with van der Waals surface area (Å²) in [6.45, 7) is 4.82. The van der Waals surface area contributed by atoms with Crippen molar-refractivity contribution >= 4 is 17.8 Å². The molecule has 5 rings (SSSR count). The molecule has 0 aliphatic heterocycles. The van der Waals surface area contributed by atoms with Crippen LogP contribution in [0.5, 0.6) is 5.75 Å². The van der Waals surface area contributed by atoms with Gasteiger partial charge in [0.1, 0.15) is 12.3 Å². The smallest absolute Gasteiger partial charge is 0.254 e. The zero-order chi connectivity index (χ0) is 27.4. The van der Waals surface area contributed by atoms with E-state index in [1.54, 1.807) is 36.3 Å². The van der Waals surface area contributed by atoms with Gasteiger partial charge in [0.25, 0.3) is 5.91 Å². The van der Waals surface area contributed by atoms with Gasteiger partial charge >= 0.3 is 0 Å². The molecule has 1 aliphatic rings. The number of hydrogen-bond acceptors (Lipinski definition) is 4. The Bertz CT molecular complexity index is 1420. The number of benzene rings is 3. The van der Waals surface area contributed by atoms with Crippen molar-refractivity contribution in [3.63, 3.8) is 0 Å². The molecule has 3 aromatic carbocycles. The molecule has 7 heteroatoms. The maximum Gasteiger partial charge on any atom is 0.254 e. The summed E-state index contributed by atoms with van der Waals surface area (Å²) in [5.41, 5.74) is 4.37. The van der Waals surface area contributed by atoms with Crippen LogP contribution in [-0.4, -0.2) is 46.5 Å². The van der Waals surface area contributed by atoms with E-state index in [-0.39, 0.29) is 18.4 Å². The lowest BCUT2D eigenvalue weighted by atomic mass is 10.0. The number of rotatable bonds is 10. The number of amides is 2. The van der Waals surface area contributed by atoms with E-state index in [0.29, 0.717) is 35.6 Å². The first kappa shape index (κ1) is 26.2. The van der Waals surface area contributed by atoms with Crippen LogP contribution in [0.4, 0.5) is 5.95 Å². The number of hydrogen-bond donors (Lipinski definition) is 1. The van der Waals surface area contributed by atoms with Crippen LogP contribution in [0.3, 0.4) is 0 Å². The molecule has 7 nitrogen and oxygen atoms in total. The number of anilines is 1. The lowest BCUT2D eigenvalue weighted by Crippen LogP contribution is -2.39. The zero-order valence-corrected chi connectivity index (χ0v) is 22.6. The molecular weight excluding hydrogens is 488 g/mol. The molecule has 0 unspecified atom stereocenters. The van der Waals surface area contributed by atoms with Gasteiger partial charge < -0.3 is 9.64 Å². The van der Waals surface area contributed by atoms with Crippen molar-refractivity contribution in [1.82, 2.24) is 14.5 Å². The van der Waals surface area contributed by atoms with Crippen LogP contribution in [0.2, 0.25) is 0 Å². The lowest BCUT2D eigenvalue weighted by Gasteiger charge is -2.22. The monoisotopic (exact) mass is 522 g/mol. The topological polar surface area (TPSA) is 76.5 Å². The Balaban J connectivity index is 1.39. The normalized spacial score (nSPS) is 12.8. The quantitative estimate of drug-likeness (QED) is 0.271. The van der Waals surface area contributed by atoms with Crippen LogP contribution in [0.25, 0.3) is 16.9 Å². The molecule has 0 bridgehead atoms. The molecule has 1 heterocycles. The molecule has 1 N–H and O–H groups in total. The van der Waals surface area contributed by atoms with Crippen LogP contribution in [0.15, 0.2) is 85.1 Å². The van der Waals surface area contributed by atoms with Crippen LogP contribution < -0.4 is 10.1 Å². The molecule has 200 valence electrons. The van der Waals surface area contributed by atoms with Gasteiger partial charge in [-0.3, -0.25) is 19.5 Å². The lowest BCUT2D eigenvalue weighted by molar-refractivity contribution is -0.117. The number of imidazole rings is 1. The second kappa shape index (κ2) is 11.6. The number of nitrogens with zero attached hydrogens (tertiary/aromatic N) is 3. The van der Waals surface area contributed by atoms with Gasteiger partial charge in [0.15, 0.2) is 0 Å². The van der Waals surface area contributed by atoms with Gasteiger partial charge in [-0.25, -0.2) is 4.98 Å². The number of carbonyl (C=O) groups is 2. The molecule has 1 saturated carbocycles. The molecular formula is C32H34N4O3. The Kier molecular flexibility index (Phi) is 7.77. The Morgan fingerprint density at radius 1 is 1.00 bits per heavy atom. The van der Waals surface area contributed by atoms with Crippen molar-refractivity contribution in [3.05, 3.63) is 96.2 Å². The summed E-state index contributed by atoms with van der Waals surface area (Å²) < 4.78 is 7.11. The Hall–Kier alpha value is -4.39. The Labute approximate surface area is 229 Å². The molecule has 4 aromatic rings. The fourth-order valence-corrected chi connectivity index (χ4v) is 4.52. The van der Waals surface area contributed by atoms with E-state index in [2.05, 4.69) is 31.3 Å². The average molecular weight is 523 g/mol. The average Bonchev–Trinajstić information content (AvgIpc) is 3.69. The van der Waals surface area contributed by atoms with Gasteiger partial charge in [-0.1, -0.05) is 56.3 Å². The van der Waals surface area contributed by atoms with Crippen LogP contribution in [0.1, 0.15) is 48.5 Å². The predicted molar refractivity (Wildman–Crippen MR) is 153 cm³/mol. The van der Waals surface area contributed by atoms with E-state index in [0.717, 1.165) is 29.8 Å². The van der Waals surface area contributed by atoms with Gasteiger partial charge in [-0.15, -0.1) is 0 Å². The number of carbonyl (C=O) groups excluding carboxylic acids is 2. The van der Waals surface area contributed by atoms with Gasteiger partial charge in [-0.2, -0.15) is 0 Å². The highest BCUT2D eigenvalue weighted by molar-refractivity contribution is 5.99. The molecule has 1 fully saturated rings. The van der Waals surface area contributed by atoms with Crippen molar-refractivity contribution in [2.24, 2.45) is 5.92 Å². The van der Waals surface area contributed by atoms with Crippen molar-refractivity contribution in [2.75, 3.05) is 25.5 Å². The molecule has 2 amide bonds. The summed E-state index contributed by atoms with van der Waals surface area (Å²) in [5, 5.41) is 2.98. The second-order valence-corrected chi connectivity index (χ2v) is 10.3.